The van der Waals surface area contributed by atoms with Crippen molar-refractivity contribution >= 4 is 28.8 Å². The highest BCUT2D eigenvalue weighted by molar-refractivity contribution is 6.29. The predicted octanol–water partition coefficient (Wildman–Crippen LogP) is 3.51. The quantitative estimate of drug-likeness (QED) is 0.803. The van der Waals surface area contributed by atoms with Crippen molar-refractivity contribution in [3.63, 3.8) is 0 Å². The monoisotopic (exact) mass is 251 g/mol. The SMILES string of the molecule is Cc1cc(F)ccc1Nc1nc(Cl)ccc1N. The first kappa shape index (κ1) is 11.7. The van der Waals surface area contributed by atoms with E-state index in [9.17, 15) is 4.39 Å². The van der Waals surface area contributed by atoms with Crippen LogP contribution in [-0.2, 0) is 0 Å². The number of nitrogens with two attached hydrogens (primary N) is 1. The average molecular weight is 252 g/mol. The molecule has 0 spiro atoms. The van der Waals surface area contributed by atoms with E-state index >= 15 is 0 Å². The zero-order chi connectivity index (χ0) is 12.4. The largest absolute Gasteiger partial charge is 0.396 e. The van der Waals surface area contributed by atoms with Gasteiger partial charge in [-0.1, -0.05) is 11.6 Å². The minimum Gasteiger partial charge on any atom is -0.396 e. The van der Waals surface area contributed by atoms with Gasteiger partial charge < -0.3 is 11.1 Å². The first-order valence-corrected chi connectivity index (χ1v) is 5.39. The van der Waals surface area contributed by atoms with Crippen LogP contribution in [0.15, 0.2) is 30.3 Å². The average Bonchev–Trinajstić information content (AvgIpc) is 2.27. The summed E-state index contributed by atoms with van der Waals surface area (Å²) in [5.41, 5.74) is 7.76. The molecule has 1 aromatic heterocycles. The molecule has 0 aliphatic heterocycles. The summed E-state index contributed by atoms with van der Waals surface area (Å²) in [6.07, 6.45) is 0. The fourth-order valence-electron chi connectivity index (χ4n) is 1.44. The van der Waals surface area contributed by atoms with Gasteiger partial charge in [0.05, 0.1) is 5.69 Å². The van der Waals surface area contributed by atoms with Crippen molar-refractivity contribution in [2.24, 2.45) is 0 Å². The highest BCUT2D eigenvalue weighted by Gasteiger charge is 2.05. The number of benzene rings is 1. The second-order valence-corrected chi connectivity index (χ2v) is 4.04. The van der Waals surface area contributed by atoms with Gasteiger partial charge in [0.2, 0.25) is 0 Å². The van der Waals surface area contributed by atoms with Crippen LogP contribution in [0.3, 0.4) is 0 Å². The molecular weight excluding hydrogens is 241 g/mol. The normalized spacial score (nSPS) is 10.3. The van der Waals surface area contributed by atoms with Crippen LogP contribution in [0.2, 0.25) is 5.15 Å². The van der Waals surface area contributed by atoms with Crippen LogP contribution in [-0.4, -0.2) is 4.98 Å². The highest BCUT2D eigenvalue weighted by atomic mass is 35.5. The lowest BCUT2D eigenvalue weighted by molar-refractivity contribution is 0.627. The predicted molar refractivity (Wildman–Crippen MR) is 68.1 cm³/mol. The molecule has 0 radical (unpaired) electrons. The number of rotatable bonds is 2. The van der Waals surface area contributed by atoms with Gasteiger partial charge in [-0.15, -0.1) is 0 Å². The lowest BCUT2D eigenvalue weighted by Crippen LogP contribution is -2.00. The van der Waals surface area contributed by atoms with E-state index in [1.807, 2.05) is 0 Å². The Bertz CT molecular complexity index is 557. The molecule has 0 aliphatic rings. The number of nitrogens with one attached hydrogen (secondary N) is 1. The van der Waals surface area contributed by atoms with Gasteiger partial charge >= 0.3 is 0 Å². The summed E-state index contributed by atoms with van der Waals surface area (Å²) in [6, 6.07) is 7.71. The van der Waals surface area contributed by atoms with E-state index in [0.717, 1.165) is 11.3 Å². The van der Waals surface area contributed by atoms with Crippen molar-refractivity contribution in [3.8, 4) is 0 Å². The third-order valence-corrected chi connectivity index (χ3v) is 2.54. The van der Waals surface area contributed by atoms with Crippen LogP contribution in [0.1, 0.15) is 5.56 Å². The Hall–Kier alpha value is -1.81. The van der Waals surface area contributed by atoms with Gasteiger partial charge in [-0.05, 0) is 42.8 Å². The summed E-state index contributed by atoms with van der Waals surface area (Å²) < 4.78 is 12.9. The van der Waals surface area contributed by atoms with Crippen molar-refractivity contribution in [2.75, 3.05) is 11.1 Å². The van der Waals surface area contributed by atoms with E-state index in [-0.39, 0.29) is 5.82 Å². The Kier molecular flexibility index (Phi) is 3.15. The molecule has 2 rings (SSSR count). The fraction of sp³-hybridized carbons (Fsp3) is 0.0833. The van der Waals surface area contributed by atoms with E-state index in [2.05, 4.69) is 10.3 Å². The van der Waals surface area contributed by atoms with Crippen LogP contribution in [0.25, 0.3) is 0 Å². The number of halogens is 2. The molecule has 0 amide bonds. The molecule has 0 aliphatic carbocycles. The molecule has 3 N–H and O–H groups in total. The van der Waals surface area contributed by atoms with Crippen molar-refractivity contribution in [1.29, 1.82) is 0 Å². The Morgan fingerprint density at radius 2 is 2.06 bits per heavy atom. The van der Waals surface area contributed by atoms with Crippen molar-refractivity contribution < 1.29 is 4.39 Å². The van der Waals surface area contributed by atoms with Gasteiger partial charge in [-0.25, -0.2) is 9.37 Å². The van der Waals surface area contributed by atoms with Gasteiger partial charge in [0, 0.05) is 5.69 Å². The Morgan fingerprint density at radius 3 is 2.76 bits per heavy atom. The van der Waals surface area contributed by atoms with E-state index < -0.39 is 0 Å². The van der Waals surface area contributed by atoms with Crippen LogP contribution >= 0.6 is 11.6 Å². The molecule has 17 heavy (non-hydrogen) atoms. The lowest BCUT2D eigenvalue weighted by Gasteiger charge is -2.10. The van der Waals surface area contributed by atoms with Gasteiger partial charge in [0.1, 0.15) is 11.0 Å². The number of anilines is 3. The fourth-order valence-corrected chi connectivity index (χ4v) is 1.59. The molecule has 0 saturated heterocycles. The molecule has 0 unspecified atom stereocenters. The standard InChI is InChI=1S/C12H11ClFN3/c1-7-6-8(14)2-4-10(7)16-12-9(15)3-5-11(13)17-12/h2-6H,15H2,1H3,(H,16,17). The van der Waals surface area contributed by atoms with Crippen LogP contribution in [0.5, 0.6) is 0 Å². The maximum atomic E-state index is 12.9. The molecule has 1 heterocycles. The zero-order valence-corrected chi connectivity index (χ0v) is 9.92. The van der Waals surface area contributed by atoms with Crippen LogP contribution < -0.4 is 11.1 Å². The first-order chi connectivity index (χ1) is 8.06. The summed E-state index contributed by atoms with van der Waals surface area (Å²) in [5, 5.41) is 3.37. The number of pyridine rings is 1. The molecule has 88 valence electrons. The van der Waals surface area contributed by atoms with Gasteiger partial charge in [-0.3, -0.25) is 0 Å². The maximum Gasteiger partial charge on any atom is 0.155 e. The smallest absolute Gasteiger partial charge is 0.155 e. The number of nitrogen functional groups attached to an aromatic ring is 1. The summed E-state index contributed by atoms with van der Waals surface area (Å²) in [6.45, 7) is 1.80. The lowest BCUT2D eigenvalue weighted by atomic mass is 10.2. The third-order valence-electron chi connectivity index (χ3n) is 2.33. The second-order valence-electron chi connectivity index (χ2n) is 3.66. The Balaban J connectivity index is 2.34. The number of nitrogens with zero attached hydrogens (tertiary/aromatic N) is 1. The number of hydrogen-bond acceptors (Lipinski definition) is 3. The number of hydrogen-bond donors (Lipinski definition) is 2. The molecule has 1 aromatic carbocycles. The summed E-state index contributed by atoms with van der Waals surface area (Å²) in [5.74, 6) is 0.187. The maximum absolute atomic E-state index is 12.9. The van der Waals surface area contributed by atoms with Crippen LogP contribution in [0.4, 0.5) is 21.6 Å². The topological polar surface area (TPSA) is 50.9 Å². The van der Waals surface area contributed by atoms with Crippen molar-refractivity contribution in [2.45, 2.75) is 6.92 Å². The highest BCUT2D eigenvalue weighted by Crippen LogP contribution is 2.25. The summed E-state index contributed by atoms with van der Waals surface area (Å²) in [7, 11) is 0. The van der Waals surface area contributed by atoms with E-state index in [4.69, 9.17) is 17.3 Å². The van der Waals surface area contributed by atoms with Gasteiger partial charge in [0.25, 0.3) is 0 Å². The first-order valence-electron chi connectivity index (χ1n) is 5.01. The number of aryl methyl sites for hydroxylation is 1. The van der Waals surface area contributed by atoms with Crippen LogP contribution in [0, 0.1) is 12.7 Å². The molecule has 0 atom stereocenters. The van der Waals surface area contributed by atoms with Gasteiger partial charge in [0.15, 0.2) is 5.82 Å². The van der Waals surface area contributed by atoms with E-state index in [1.165, 1.54) is 12.1 Å². The molecule has 5 heteroatoms. The van der Waals surface area contributed by atoms with E-state index in [1.54, 1.807) is 25.1 Å². The summed E-state index contributed by atoms with van der Waals surface area (Å²) in [4.78, 5) is 4.07. The summed E-state index contributed by atoms with van der Waals surface area (Å²) >= 11 is 5.78. The van der Waals surface area contributed by atoms with Crippen molar-refractivity contribution in [1.82, 2.24) is 4.98 Å². The zero-order valence-electron chi connectivity index (χ0n) is 9.17. The second kappa shape index (κ2) is 4.59. The van der Waals surface area contributed by atoms with E-state index in [0.29, 0.717) is 16.7 Å². The van der Waals surface area contributed by atoms with Gasteiger partial charge in [-0.2, -0.15) is 0 Å². The molecule has 0 bridgehead atoms. The molecular formula is C12H11ClFN3. The molecule has 3 nitrogen and oxygen atoms in total. The van der Waals surface area contributed by atoms with Crippen molar-refractivity contribution in [3.05, 3.63) is 46.9 Å². The molecule has 0 saturated carbocycles. The minimum atomic E-state index is -0.278. The third kappa shape index (κ3) is 2.65. The molecule has 2 aromatic rings. The Morgan fingerprint density at radius 1 is 1.29 bits per heavy atom. The molecule has 0 fully saturated rings. The minimum absolute atomic E-state index is 0.278. The number of aromatic nitrogens is 1. The Labute approximate surface area is 103 Å².